The Hall–Kier alpha value is -3.08. The van der Waals surface area contributed by atoms with Crippen molar-refractivity contribution in [3.8, 4) is 5.75 Å². The highest BCUT2D eigenvalue weighted by Crippen LogP contribution is 2.48. The van der Waals surface area contributed by atoms with Crippen molar-refractivity contribution in [1.29, 1.82) is 0 Å². The lowest BCUT2D eigenvalue weighted by molar-refractivity contribution is -0.160. The zero-order chi connectivity index (χ0) is 21.0. The summed E-state index contributed by atoms with van der Waals surface area (Å²) in [6, 6.07) is 17.0. The van der Waals surface area contributed by atoms with E-state index in [1.54, 1.807) is 14.0 Å². The second kappa shape index (κ2) is 8.52. The van der Waals surface area contributed by atoms with Gasteiger partial charge in [-0.15, -0.1) is 0 Å². The van der Waals surface area contributed by atoms with E-state index in [1.165, 1.54) is 13.8 Å². The Bertz CT molecular complexity index is 914. The standard InChI is InChI=1S/C24H26O5/c1-16(25)23-17(2)28-15-14-22(23)24(29-18(3)26,19-8-6-5-7-9-19)20-10-12-21(27-4)13-11-20/h5-13,22H,14-15H2,1-4H3. The Labute approximate surface area is 171 Å². The third-order valence-electron chi connectivity index (χ3n) is 5.35. The monoisotopic (exact) mass is 394 g/mol. The van der Waals surface area contributed by atoms with Crippen LogP contribution in [0.1, 0.15) is 38.3 Å². The van der Waals surface area contributed by atoms with Gasteiger partial charge in [0.05, 0.1) is 13.7 Å². The molecule has 1 aliphatic rings. The summed E-state index contributed by atoms with van der Waals surface area (Å²) in [5, 5.41) is 0. The largest absolute Gasteiger partial charge is 0.498 e. The summed E-state index contributed by atoms with van der Waals surface area (Å²) in [6.07, 6.45) is 0.542. The lowest BCUT2D eigenvalue weighted by Crippen LogP contribution is -2.45. The summed E-state index contributed by atoms with van der Waals surface area (Å²) >= 11 is 0. The van der Waals surface area contributed by atoms with Crippen LogP contribution in [0.2, 0.25) is 0 Å². The minimum Gasteiger partial charge on any atom is -0.498 e. The van der Waals surface area contributed by atoms with Crippen molar-refractivity contribution >= 4 is 11.8 Å². The molecule has 0 fully saturated rings. The zero-order valence-corrected chi connectivity index (χ0v) is 17.2. The number of ketones is 1. The van der Waals surface area contributed by atoms with Gasteiger partial charge in [0, 0.05) is 29.5 Å². The van der Waals surface area contributed by atoms with Crippen molar-refractivity contribution in [1.82, 2.24) is 0 Å². The zero-order valence-electron chi connectivity index (χ0n) is 17.2. The van der Waals surface area contributed by atoms with Crippen molar-refractivity contribution in [3.05, 3.63) is 77.1 Å². The van der Waals surface area contributed by atoms with Crippen LogP contribution in [-0.4, -0.2) is 25.5 Å². The number of allylic oxidation sites excluding steroid dienone is 1. The fourth-order valence-corrected chi connectivity index (χ4v) is 4.21. The average molecular weight is 394 g/mol. The predicted molar refractivity (Wildman–Crippen MR) is 109 cm³/mol. The van der Waals surface area contributed by atoms with E-state index in [2.05, 4.69) is 0 Å². The molecule has 1 heterocycles. The highest BCUT2D eigenvalue weighted by atomic mass is 16.6. The van der Waals surface area contributed by atoms with Gasteiger partial charge in [0.2, 0.25) is 0 Å². The maximum atomic E-state index is 12.6. The molecule has 3 rings (SSSR count). The van der Waals surface area contributed by atoms with Gasteiger partial charge in [-0.1, -0.05) is 42.5 Å². The number of carbonyl (C=O) groups is 2. The Kier molecular flexibility index (Phi) is 6.06. The molecular formula is C24H26O5. The third kappa shape index (κ3) is 3.90. The van der Waals surface area contributed by atoms with E-state index in [9.17, 15) is 9.59 Å². The van der Waals surface area contributed by atoms with Gasteiger partial charge >= 0.3 is 5.97 Å². The summed E-state index contributed by atoms with van der Waals surface area (Å²) in [6.45, 7) is 5.16. The van der Waals surface area contributed by atoms with Crippen LogP contribution < -0.4 is 4.74 Å². The molecule has 0 aromatic heterocycles. The average Bonchev–Trinajstić information content (AvgIpc) is 2.72. The third-order valence-corrected chi connectivity index (χ3v) is 5.35. The number of methoxy groups -OCH3 is 1. The molecule has 2 atom stereocenters. The van der Waals surface area contributed by atoms with E-state index < -0.39 is 11.6 Å². The van der Waals surface area contributed by atoms with Gasteiger partial charge in [-0.25, -0.2) is 0 Å². The lowest BCUT2D eigenvalue weighted by atomic mass is 9.69. The Morgan fingerprint density at radius 2 is 1.62 bits per heavy atom. The molecule has 0 bridgehead atoms. The first-order chi connectivity index (χ1) is 13.9. The van der Waals surface area contributed by atoms with Gasteiger partial charge in [0.1, 0.15) is 11.5 Å². The molecule has 2 aromatic rings. The fourth-order valence-electron chi connectivity index (χ4n) is 4.21. The number of esters is 1. The summed E-state index contributed by atoms with van der Waals surface area (Å²) in [7, 11) is 1.60. The molecule has 0 aliphatic carbocycles. The molecule has 5 heteroatoms. The Balaban J connectivity index is 2.33. The topological polar surface area (TPSA) is 61.8 Å². The first-order valence-corrected chi connectivity index (χ1v) is 9.64. The first kappa shape index (κ1) is 20.6. The number of hydrogen-bond acceptors (Lipinski definition) is 5. The molecule has 2 aromatic carbocycles. The number of carbonyl (C=O) groups excluding carboxylic acids is 2. The van der Waals surface area contributed by atoms with Crippen LogP contribution in [0.5, 0.6) is 5.75 Å². The van der Waals surface area contributed by atoms with Crippen molar-refractivity contribution in [2.75, 3.05) is 13.7 Å². The smallest absolute Gasteiger partial charge is 0.303 e. The number of hydrogen-bond donors (Lipinski definition) is 0. The van der Waals surface area contributed by atoms with Crippen LogP contribution in [0, 0.1) is 5.92 Å². The Morgan fingerprint density at radius 1 is 1.00 bits per heavy atom. The quantitative estimate of drug-likeness (QED) is 0.680. The van der Waals surface area contributed by atoms with E-state index in [0.29, 0.717) is 30.1 Å². The van der Waals surface area contributed by atoms with Gasteiger partial charge in [-0.2, -0.15) is 0 Å². The van der Waals surface area contributed by atoms with E-state index in [-0.39, 0.29) is 11.7 Å². The first-order valence-electron chi connectivity index (χ1n) is 9.64. The van der Waals surface area contributed by atoms with Crippen molar-refractivity contribution in [2.24, 2.45) is 5.92 Å². The summed E-state index contributed by atoms with van der Waals surface area (Å²) in [4.78, 5) is 25.0. The van der Waals surface area contributed by atoms with Gasteiger partial charge in [0.15, 0.2) is 11.4 Å². The molecule has 0 amide bonds. The van der Waals surface area contributed by atoms with E-state index in [4.69, 9.17) is 14.2 Å². The normalized spacial score (nSPS) is 18.4. The van der Waals surface area contributed by atoms with Crippen LogP contribution in [-0.2, 0) is 24.7 Å². The number of rotatable bonds is 6. The molecule has 0 radical (unpaired) electrons. The molecule has 0 saturated heterocycles. The van der Waals surface area contributed by atoms with Crippen LogP contribution in [0.15, 0.2) is 65.9 Å². The van der Waals surface area contributed by atoms with Crippen LogP contribution in [0.4, 0.5) is 0 Å². The number of Topliss-reactive ketones (excluding diaryl/α,β-unsaturated/α-hetero) is 1. The second-order valence-electron chi connectivity index (χ2n) is 7.14. The summed E-state index contributed by atoms with van der Waals surface area (Å²) in [5.41, 5.74) is 0.972. The van der Waals surface area contributed by atoms with Crippen molar-refractivity contribution < 1.29 is 23.8 Å². The lowest BCUT2D eigenvalue weighted by Gasteiger charge is -2.43. The van der Waals surface area contributed by atoms with Gasteiger partial charge in [0.25, 0.3) is 0 Å². The SMILES string of the molecule is COc1ccc(C(OC(C)=O)(c2ccccc2)C2CCOC(C)=C2C(C)=O)cc1. The highest BCUT2D eigenvalue weighted by molar-refractivity contribution is 5.95. The molecule has 1 aliphatic heterocycles. The number of benzene rings is 2. The molecule has 5 nitrogen and oxygen atoms in total. The molecule has 152 valence electrons. The van der Waals surface area contributed by atoms with Gasteiger partial charge in [-0.3, -0.25) is 9.59 Å². The predicted octanol–water partition coefficient (Wildman–Crippen LogP) is 4.40. The van der Waals surface area contributed by atoms with E-state index in [1.807, 2.05) is 54.6 Å². The molecule has 2 unspecified atom stereocenters. The van der Waals surface area contributed by atoms with Crippen LogP contribution in [0.3, 0.4) is 0 Å². The fraction of sp³-hybridized carbons (Fsp3) is 0.333. The van der Waals surface area contributed by atoms with Crippen molar-refractivity contribution in [2.45, 2.75) is 32.8 Å². The second-order valence-corrected chi connectivity index (χ2v) is 7.14. The van der Waals surface area contributed by atoms with Gasteiger partial charge in [-0.05, 0) is 32.4 Å². The minimum absolute atomic E-state index is 0.0897. The molecule has 0 saturated carbocycles. The van der Waals surface area contributed by atoms with Crippen LogP contribution >= 0.6 is 0 Å². The summed E-state index contributed by atoms with van der Waals surface area (Å²) < 4.78 is 17.1. The summed E-state index contributed by atoms with van der Waals surface area (Å²) in [5.74, 6) is 0.386. The molecule has 0 N–H and O–H groups in total. The van der Waals surface area contributed by atoms with E-state index >= 15 is 0 Å². The molecule has 29 heavy (non-hydrogen) atoms. The molecule has 0 spiro atoms. The number of ether oxygens (including phenoxy) is 3. The minimum atomic E-state index is -1.16. The molecular weight excluding hydrogens is 368 g/mol. The maximum Gasteiger partial charge on any atom is 0.303 e. The van der Waals surface area contributed by atoms with Crippen molar-refractivity contribution in [3.63, 3.8) is 0 Å². The van der Waals surface area contributed by atoms with Crippen LogP contribution in [0.25, 0.3) is 0 Å². The van der Waals surface area contributed by atoms with E-state index in [0.717, 1.165) is 11.1 Å². The van der Waals surface area contributed by atoms with Gasteiger partial charge < -0.3 is 14.2 Å². The maximum absolute atomic E-state index is 12.6. The highest BCUT2D eigenvalue weighted by Gasteiger charge is 2.49. The Morgan fingerprint density at radius 3 is 2.17 bits per heavy atom.